The Kier molecular flexibility index (Phi) is 6.11. The highest BCUT2D eigenvalue weighted by Crippen LogP contribution is 2.27. The van der Waals surface area contributed by atoms with Gasteiger partial charge in [-0.25, -0.2) is 9.78 Å². The molecule has 2 heterocycles. The van der Waals surface area contributed by atoms with Crippen molar-refractivity contribution in [3.63, 3.8) is 0 Å². The van der Waals surface area contributed by atoms with Crippen LogP contribution in [-0.2, 0) is 4.74 Å². The Hall–Kier alpha value is -3.81. The highest BCUT2D eigenvalue weighted by Gasteiger charge is 2.37. The van der Waals surface area contributed by atoms with Crippen molar-refractivity contribution < 1.29 is 9.53 Å². The molecule has 0 spiro atoms. The van der Waals surface area contributed by atoms with E-state index in [1.165, 1.54) is 0 Å². The topological polar surface area (TPSA) is 105 Å². The summed E-state index contributed by atoms with van der Waals surface area (Å²) in [7, 11) is 0. The fourth-order valence-electron chi connectivity index (χ4n) is 3.61. The summed E-state index contributed by atoms with van der Waals surface area (Å²) in [6.45, 7) is 6.54. The number of nitrogens with one attached hydrogen (secondary N) is 2. The third-order valence-electron chi connectivity index (χ3n) is 5.52. The minimum atomic E-state index is -0.370. The van der Waals surface area contributed by atoms with Gasteiger partial charge in [0.2, 0.25) is 5.95 Å². The number of hydrogen-bond donors (Lipinski definition) is 3. The number of aromatic nitrogens is 2. The van der Waals surface area contributed by atoms with Crippen molar-refractivity contribution >= 4 is 34.9 Å². The van der Waals surface area contributed by atoms with Crippen LogP contribution in [0, 0.1) is 5.92 Å². The summed E-state index contributed by atoms with van der Waals surface area (Å²) in [5, 5.41) is 6.67. The van der Waals surface area contributed by atoms with E-state index in [4.69, 9.17) is 10.5 Å². The number of hydrogen-bond acceptors (Lipinski definition) is 7. The van der Waals surface area contributed by atoms with Crippen LogP contribution in [0.15, 0.2) is 60.8 Å². The summed E-state index contributed by atoms with van der Waals surface area (Å²) < 4.78 is 5.24. The number of cyclic esters (lactones) is 1. The predicted molar refractivity (Wildman–Crippen MR) is 127 cm³/mol. The Morgan fingerprint density at radius 1 is 1.03 bits per heavy atom. The minimum absolute atomic E-state index is 0.0257. The molecule has 4 rings (SSSR count). The van der Waals surface area contributed by atoms with Gasteiger partial charge in [0.15, 0.2) is 0 Å². The average Bonchev–Trinajstić information content (AvgIpc) is 3.18. The maximum absolute atomic E-state index is 12.2. The first-order chi connectivity index (χ1) is 15.4. The van der Waals surface area contributed by atoms with Crippen LogP contribution in [0.4, 0.5) is 33.6 Å². The minimum Gasteiger partial charge on any atom is -0.447 e. The summed E-state index contributed by atoms with van der Waals surface area (Å²) in [5.41, 5.74) is 9.52. The van der Waals surface area contributed by atoms with E-state index >= 15 is 0 Å². The molecule has 0 aliphatic carbocycles. The van der Waals surface area contributed by atoms with E-state index in [0.29, 0.717) is 18.4 Å². The molecule has 0 saturated carbocycles. The van der Waals surface area contributed by atoms with Gasteiger partial charge in [-0.15, -0.1) is 0 Å². The van der Waals surface area contributed by atoms with Crippen molar-refractivity contribution in [2.75, 3.05) is 27.9 Å². The van der Waals surface area contributed by atoms with Crippen LogP contribution in [0.2, 0.25) is 0 Å². The van der Waals surface area contributed by atoms with Crippen molar-refractivity contribution in [1.82, 2.24) is 9.97 Å². The predicted octanol–water partition coefficient (Wildman–Crippen LogP) is 4.96. The van der Waals surface area contributed by atoms with Gasteiger partial charge in [0.05, 0.1) is 12.1 Å². The number of nitrogens with zero attached hydrogens (tertiary/aromatic N) is 3. The van der Waals surface area contributed by atoms with E-state index in [0.717, 1.165) is 22.6 Å². The van der Waals surface area contributed by atoms with Crippen molar-refractivity contribution in [2.45, 2.75) is 32.9 Å². The first-order valence-corrected chi connectivity index (χ1v) is 10.7. The lowest BCUT2D eigenvalue weighted by Gasteiger charge is -2.23. The number of nitrogens with two attached hydrogens (primary N) is 1. The van der Waals surface area contributed by atoms with Crippen LogP contribution in [0.3, 0.4) is 0 Å². The molecular weight excluding hydrogens is 404 g/mol. The standard InChI is InChI=1S/C24H28N6O2/c1-15(2)21-14-32-24(31)30(21)22-12-13-26-23(29-22)27-16(3)17-4-8-19(9-5-17)28-20-10-6-18(25)7-11-20/h4-13,15-16,21,28H,14,25H2,1-3H3,(H,26,27,29)/t16-,21+/m0/s1. The number of carbonyl (C=O) groups is 1. The van der Waals surface area contributed by atoms with Crippen LogP contribution >= 0.6 is 0 Å². The molecule has 1 fully saturated rings. The summed E-state index contributed by atoms with van der Waals surface area (Å²) in [6.07, 6.45) is 1.28. The van der Waals surface area contributed by atoms with Crippen molar-refractivity contribution in [1.29, 1.82) is 0 Å². The summed E-state index contributed by atoms with van der Waals surface area (Å²) >= 11 is 0. The molecule has 8 nitrogen and oxygen atoms in total. The Morgan fingerprint density at radius 3 is 2.34 bits per heavy atom. The number of nitrogen functional groups attached to an aromatic ring is 1. The molecule has 2 aromatic carbocycles. The van der Waals surface area contributed by atoms with Crippen molar-refractivity contribution in [3.05, 3.63) is 66.4 Å². The molecule has 1 aliphatic rings. The van der Waals surface area contributed by atoms with E-state index in [1.54, 1.807) is 17.2 Å². The molecule has 1 aliphatic heterocycles. The second-order valence-corrected chi connectivity index (χ2v) is 8.23. The zero-order valence-corrected chi connectivity index (χ0v) is 18.4. The third kappa shape index (κ3) is 4.74. The zero-order valence-electron chi connectivity index (χ0n) is 18.4. The van der Waals surface area contributed by atoms with E-state index < -0.39 is 0 Å². The highest BCUT2D eigenvalue weighted by molar-refractivity contribution is 5.89. The second-order valence-electron chi connectivity index (χ2n) is 8.23. The van der Waals surface area contributed by atoms with Gasteiger partial charge in [0, 0.05) is 23.3 Å². The summed E-state index contributed by atoms with van der Waals surface area (Å²) in [6, 6.07) is 17.4. The van der Waals surface area contributed by atoms with E-state index in [9.17, 15) is 4.79 Å². The van der Waals surface area contributed by atoms with Crippen LogP contribution < -0.4 is 21.3 Å². The third-order valence-corrected chi connectivity index (χ3v) is 5.52. The Labute approximate surface area is 187 Å². The van der Waals surface area contributed by atoms with Crippen molar-refractivity contribution in [2.24, 2.45) is 5.92 Å². The van der Waals surface area contributed by atoms with Gasteiger partial charge >= 0.3 is 6.09 Å². The van der Waals surface area contributed by atoms with E-state index in [-0.39, 0.29) is 24.1 Å². The van der Waals surface area contributed by atoms with Crippen LogP contribution in [0.25, 0.3) is 0 Å². The lowest BCUT2D eigenvalue weighted by molar-refractivity contribution is 0.177. The number of benzene rings is 2. The van der Waals surface area contributed by atoms with Crippen LogP contribution in [0.5, 0.6) is 0 Å². The molecule has 0 unspecified atom stereocenters. The smallest absolute Gasteiger partial charge is 0.415 e. The number of amides is 1. The normalized spacial score (nSPS) is 16.7. The second kappa shape index (κ2) is 9.13. The lowest BCUT2D eigenvalue weighted by Crippen LogP contribution is -2.37. The summed E-state index contributed by atoms with van der Waals surface area (Å²) in [4.78, 5) is 22.7. The maximum Gasteiger partial charge on any atom is 0.415 e. The molecular formula is C24H28N6O2. The number of anilines is 5. The zero-order chi connectivity index (χ0) is 22.7. The Bertz CT molecular complexity index is 1070. The van der Waals surface area contributed by atoms with Gasteiger partial charge in [-0.3, -0.25) is 4.90 Å². The van der Waals surface area contributed by atoms with E-state index in [1.807, 2.05) is 55.5 Å². The molecule has 0 radical (unpaired) electrons. The van der Waals surface area contributed by atoms with Crippen LogP contribution in [-0.4, -0.2) is 28.7 Å². The molecule has 32 heavy (non-hydrogen) atoms. The maximum atomic E-state index is 12.2. The highest BCUT2D eigenvalue weighted by atomic mass is 16.6. The molecule has 4 N–H and O–H groups in total. The number of ether oxygens (including phenoxy) is 1. The van der Waals surface area contributed by atoms with Gasteiger partial charge < -0.3 is 21.1 Å². The fraction of sp³-hybridized carbons (Fsp3) is 0.292. The van der Waals surface area contributed by atoms with E-state index in [2.05, 4.69) is 34.4 Å². The quantitative estimate of drug-likeness (QED) is 0.453. The Morgan fingerprint density at radius 2 is 1.69 bits per heavy atom. The molecule has 1 aromatic heterocycles. The molecule has 3 aromatic rings. The lowest BCUT2D eigenvalue weighted by atomic mass is 10.0. The number of rotatable bonds is 7. The molecule has 8 heteroatoms. The van der Waals surface area contributed by atoms with Gasteiger partial charge in [-0.1, -0.05) is 26.0 Å². The Balaban J connectivity index is 1.43. The fourth-order valence-corrected chi connectivity index (χ4v) is 3.61. The first-order valence-electron chi connectivity index (χ1n) is 10.7. The van der Waals surface area contributed by atoms with Gasteiger partial charge in [0.1, 0.15) is 12.4 Å². The first kappa shape index (κ1) is 21.4. The summed E-state index contributed by atoms with van der Waals surface area (Å²) in [5.74, 6) is 1.26. The SMILES string of the molecule is CC(C)[C@H]1COC(=O)N1c1ccnc(N[C@@H](C)c2ccc(Nc3ccc(N)cc3)cc2)n1. The average molecular weight is 433 g/mol. The molecule has 1 saturated heterocycles. The van der Waals surface area contributed by atoms with Gasteiger partial charge in [0.25, 0.3) is 0 Å². The monoisotopic (exact) mass is 432 g/mol. The molecule has 1 amide bonds. The van der Waals surface area contributed by atoms with Gasteiger partial charge in [-0.2, -0.15) is 4.98 Å². The number of carbonyl (C=O) groups excluding carboxylic acids is 1. The van der Waals surface area contributed by atoms with Crippen molar-refractivity contribution in [3.8, 4) is 0 Å². The van der Waals surface area contributed by atoms with Crippen LogP contribution in [0.1, 0.15) is 32.4 Å². The molecule has 2 atom stereocenters. The van der Waals surface area contributed by atoms with Gasteiger partial charge in [-0.05, 0) is 60.9 Å². The molecule has 0 bridgehead atoms. The molecule has 166 valence electrons. The largest absolute Gasteiger partial charge is 0.447 e.